The summed E-state index contributed by atoms with van der Waals surface area (Å²) >= 11 is 4.69. The molecule has 1 heterocycles. The van der Waals surface area contributed by atoms with Crippen LogP contribution in [-0.4, -0.2) is 21.1 Å². The number of halogens is 3. The van der Waals surface area contributed by atoms with Crippen molar-refractivity contribution < 1.29 is 13.2 Å². The Bertz CT molecular complexity index is 612. The molecule has 0 unspecified atom stereocenters. The van der Waals surface area contributed by atoms with Gasteiger partial charge in [-0.1, -0.05) is 30.3 Å². The van der Waals surface area contributed by atoms with Crippen LogP contribution in [0.5, 0.6) is 0 Å². The highest BCUT2D eigenvalue weighted by Gasteiger charge is 2.37. The maximum atomic E-state index is 12.6. The van der Waals surface area contributed by atoms with Crippen molar-refractivity contribution in [2.24, 2.45) is 5.10 Å². The monoisotopic (exact) mass is 272 g/mol. The van der Waals surface area contributed by atoms with E-state index < -0.39 is 12.0 Å². The molecule has 8 heteroatoms. The zero-order valence-corrected chi connectivity index (χ0v) is 9.66. The molecular formula is C10H7F3N4S. The minimum absolute atomic E-state index is 0.213. The fourth-order valence-electron chi connectivity index (χ4n) is 1.25. The summed E-state index contributed by atoms with van der Waals surface area (Å²) in [4.78, 5) is 0. The lowest BCUT2D eigenvalue weighted by atomic mass is 10.2. The summed E-state index contributed by atoms with van der Waals surface area (Å²) in [5.41, 5.74) is 0.661. The minimum atomic E-state index is -4.61. The van der Waals surface area contributed by atoms with Crippen LogP contribution in [0.15, 0.2) is 35.4 Å². The number of alkyl halides is 3. The molecule has 1 N–H and O–H groups in total. The lowest BCUT2D eigenvalue weighted by Crippen LogP contribution is -2.12. The summed E-state index contributed by atoms with van der Waals surface area (Å²) in [7, 11) is 0. The van der Waals surface area contributed by atoms with Gasteiger partial charge in [0.15, 0.2) is 0 Å². The second-order valence-corrected chi connectivity index (χ2v) is 3.70. The Labute approximate surface area is 105 Å². The second kappa shape index (κ2) is 4.73. The van der Waals surface area contributed by atoms with Crippen molar-refractivity contribution in [2.75, 3.05) is 0 Å². The van der Waals surface area contributed by atoms with Crippen LogP contribution in [0.25, 0.3) is 0 Å². The second-order valence-electron chi connectivity index (χ2n) is 3.32. The summed E-state index contributed by atoms with van der Waals surface area (Å²) in [6.07, 6.45) is -3.33. The molecule has 18 heavy (non-hydrogen) atoms. The zero-order valence-electron chi connectivity index (χ0n) is 8.85. The van der Waals surface area contributed by atoms with Crippen molar-refractivity contribution in [1.29, 1.82) is 0 Å². The van der Waals surface area contributed by atoms with Crippen molar-refractivity contribution >= 4 is 18.4 Å². The third-order valence-corrected chi connectivity index (χ3v) is 2.29. The third-order valence-electron chi connectivity index (χ3n) is 2.03. The number of aromatic nitrogens is 3. The van der Waals surface area contributed by atoms with E-state index >= 15 is 0 Å². The molecule has 4 nitrogen and oxygen atoms in total. The van der Waals surface area contributed by atoms with E-state index in [0.29, 0.717) is 10.2 Å². The third kappa shape index (κ3) is 2.65. The van der Waals surface area contributed by atoms with Crippen LogP contribution >= 0.6 is 12.2 Å². The van der Waals surface area contributed by atoms with Crippen LogP contribution in [0.4, 0.5) is 13.2 Å². The molecule has 0 saturated heterocycles. The Hall–Kier alpha value is -1.96. The van der Waals surface area contributed by atoms with E-state index in [9.17, 15) is 13.2 Å². The van der Waals surface area contributed by atoms with Crippen LogP contribution < -0.4 is 0 Å². The van der Waals surface area contributed by atoms with Crippen molar-refractivity contribution in [3.05, 3.63) is 46.5 Å². The van der Waals surface area contributed by atoms with Crippen LogP contribution in [-0.2, 0) is 6.18 Å². The van der Waals surface area contributed by atoms with Crippen molar-refractivity contribution in [2.45, 2.75) is 6.18 Å². The Balaban J connectivity index is 2.38. The van der Waals surface area contributed by atoms with Crippen molar-refractivity contribution in [3.63, 3.8) is 0 Å². The van der Waals surface area contributed by atoms with Gasteiger partial charge in [0.25, 0.3) is 5.82 Å². The van der Waals surface area contributed by atoms with Gasteiger partial charge in [-0.2, -0.15) is 22.9 Å². The number of aromatic amines is 1. The number of hydrogen-bond acceptors (Lipinski definition) is 3. The molecule has 0 bridgehead atoms. The van der Waals surface area contributed by atoms with Crippen molar-refractivity contribution in [3.8, 4) is 0 Å². The fraction of sp³-hybridized carbons (Fsp3) is 0.100. The van der Waals surface area contributed by atoms with Crippen LogP contribution in [0.1, 0.15) is 11.4 Å². The molecule has 0 aliphatic rings. The fourth-order valence-corrected chi connectivity index (χ4v) is 1.43. The van der Waals surface area contributed by atoms with Gasteiger partial charge in [-0.15, -0.1) is 5.10 Å². The number of nitrogens with zero attached hydrogens (tertiary/aromatic N) is 3. The van der Waals surface area contributed by atoms with Gasteiger partial charge in [0, 0.05) is 0 Å². The van der Waals surface area contributed by atoms with Gasteiger partial charge in [0.1, 0.15) is 0 Å². The van der Waals surface area contributed by atoms with Crippen LogP contribution in [0, 0.1) is 4.77 Å². The molecule has 0 spiro atoms. The number of benzene rings is 1. The van der Waals surface area contributed by atoms with E-state index in [1.54, 1.807) is 30.3 Å². The van der Waals surface area contributed by atoms with E-state index in [0.717, 1.165) is 0 Å². The smallest absolute Gasteiger partial charge is 0.250 e. The minimum Gasteiger partial charge on any atom is -0.250 e. The molecule has 0 atom stereocenters. The highest BCUT2D eigenvalue weighted by atomic mass is 32.1. The molecule has 0 fully saturated rings. The van der Waals surface area contributed by atoms with E-state index in [-0.39, 0.29) is 4.77 Å². The standard InChI is InChI=1S/C10H7F3N4S/c11-10(12,13)8-15-16-9(18)17(8)14-6-7-4-2-1-3-5-7/h1-6H,(H,16,18)/b14-6-. The average Bonchev–Trinajstić information content (AvgIpc) is 2.69. The Morgan fingerprint density at radius 1 is 1.28 bits per heavy atom. The topological polar surface area (TPSA) is 46.0 Å². The molecule has 0 radical (unpaired) electrons. The van der Waals surface area contributed by atoms with E-state index in [4.69, 9.17) is 0 Å². The summed E-state index contributed by atoms with van der Waals surface area (Å²) in [5, 5.41) is 8.84. The van der Waals surface area contributed by atoms with Crippen LogP contribution in [0.3, 0.4) is 0 Å². The number of rotatable bonds is 2. The lowest BCUT2D eigenvalue weighted by Gasteiger charge is -2.03. The zero-order chi connectivity index (χ0) is 13.2. The largest absolute Gasteiger partial charge is 0.453 e. The maximum absolute atomic E-state index is 12.6. The molecule has 0 saturated carbocycles. The molecule has 0 amide bonds. The highest BCUT2D eigenvalue weighted by Crippen LogP contribution is 2.27. The molecule has 94 valence electrons. The number of H-pyrrole nitrogens is 1. The Morgan fingerprint density at radius 2 is 1.94 bits per heavy atom. The Morgan fingerprint density at radius 3 is 2.56 bits per heavy atom. The van der Waals surface area contributed by atoms with Gasteiger partial charge >= 0.3 is 6.18 Å². The molecule has 0 aliphatic carbocycles. The normalized spacial score (nSPS) is 12.2. The van der Waals surface area contributed by atoms with Gasteiger partial charge in [-0.05, 0) is 17.8 Å². The lowest BCUT2D eigenvalue weighted by molar-refractivity contribution is -0.147. The molecule has 2 aromatic rings. The first-order valence-corrected chi connectivity index (χ1v) is 5.23. The first kappa shape index (κ1) is 12.5. The highest BCUT2D eigenvalue weighted by molar-refractivity contribution is 7.71. The number of hydrogen-bond donors (Lipinski definition) is 1. The summed E-state index contributed by atoms with van der Waals surface area (Å²) in [6, 6.07) is 8.71. The first-order valence-electron chi connectivity index (χ1n) is 4.82. The maximum Gasteiger partial charge on any atom is 0.453 e. The van der Waals surface area contributed by atoms with Gasteiger partial charge < -0.3 is 0 Å². The molecule has 0 aliphatic heterocycles. The summed E-state index contributed by atoms with van der Waals surface area (Å²) in [5.74, 6) is -1.18. The summed E-state index contributed by atoms with van der Waals surface area (Å²) in [6.45, 7) is 0. The van der Waals surface area contributed by atoms with E-state index in [1.165, 1.54) is 6.21 Å². The predicted molar refractivity (Wildman–Crippen MR) is 61.8 cm³/mol. The molecule has 2 rings (SSSR count). The molecular weight excluding hydrogens is 265 g/mol. The van der Waals surface area contributed by atoms with Gasteiger partial charge in [0.05, 0.1) is 6.21 Å². The Kier molecular flexibility index (Phi) is 3.28. The quantitative estimate of drug-likeness (QED) is 0.675. The molecule has 1 aromatic heterocycles. The SMILES string of the molecule is FC(F)(F)c1n[nH]c(=S)n1/N=C\c1ccccc1. The van der Waals surface area contributed by atoms with Gasteiger partial charge in [-0.25, -0.2) is 5.10 Å². The van der Waals surface area contributed by atoms with Gasteiger partial charge in [-0.3, -0.25) is 0 Å². The predicted octanol–water partition coefficient (Wildman–Crippen LogP) is 2.84. The first-order chi connectivity index (χ1) is 8.48. The van der Waals surface area contributed by atoms with Gasteiger partial charge in [0.2, 0.25) is 4.77 Å². The van der Waals surface area contributed by atoms with Crippen molar-refractivity contribution in [1.82, 2.24) is 14.9 Å². The van der Waals surface area contributed by atoms with Crippen LogP contribution in [0.2, 0.25) is 0 Å². The molecule has 1 aromatic carbocycles. The average molecular weight is 272 g/mol. The van der Waals surface area contributed by atoms with E-state index in [2.05, 4.69) is 27.5 Å². The number of nitrogens with one attached hydrogen (secondary N) is 1. The summed E-state index contributed by atoms with van der Waals surface area (Å²) < 4.78 is 38.0. The van der Waals surface area contributed by atoms with E-state index in [1.807, 2.05) is 0 Å².